The van der Waals surface area contributed by atoms with Crippen LogP contribution in [0, 0.1) is 0 Å². The van der Waals surface area contributed by atoms with Gasteiger partial charge in [0.2, 0.25) is 0 Å². The topological polar surface area (TPSA) is 30.5 Å². The van der Waals surface area contributed by atoms with Gasteiger partial charge in [-0.1, -0.05) is 24.6 Å². The molecule has 0 saturated carbocycles. The van der Waals surface area contributed by atoms with Crippen LogP contribution >= 0.6 is 27.5 Å². The number of benzene rings is 2. The van der Waals surface area contributed by atoms with Crippen molar-refractivity contribution in [2.75, 3.05) is 18.5 Å². The molecule has 2 rings (SSSR count). The lowest BCUT2D eigenvalue weighted by molar-refractivity contribution is 0.276. The van der Waals surface area contributed by atoms with Gasteiger partial charge in [-0.2, -0.15) is 0 Å². The molecule has 0 amide bonds. The van der Waals surface area contributed by atoms with Gasteiger partial charge in [0.05, 0.1) is 18.2 Å². The van der Waals surface area contributed by atoms with E-state index >= 15 is 0 Å². The van der Waals surface area contributed by atoms with Crippen molar-refractivity contribution in [3.63, 3.8) is 0 Å². The fourth-order valence-electron chi connectivity index (χ4n) is 2.07. The van der Waals surface area contributed by atoms with E-state index in [1.54, 1.807) is 0 Å². The van der Waals surface area contributed by atoms with E-state index in [4.69, 9.17) is 21.1 Å². The largest absolute Gasteiger partial charge is 0.490 e. The summed E-state index contributed by atoms with van der Waals surface area (Å²) in [6.07, 6.45) is 0.971. The van der Waals surface area contributed by atoms with Crippen LogP contribution < -0.4 is 14.8 Å². The summed E-state index contributed by atoms with van der Waals surface area (Å²) >= 11 is 9.50. The fraction of sp³-hybridized carbons (Fsp3) is 0.333. The minimum atomic E-state index is 0.613. The maximum Gasteiger partial charge on any atom is 0.161 e. The lowest BCUT2D eigenvalue weighted by Gasteiger charge is -2.14. The van der Waals surface area contributed by atoms with Crippen molar-refractivity contribution in [3.05, 3.63) is 51.5 Å². The molecule has 0 aliphatic heterocycles. The average molecular weight is 399 g/mol. The zero-order chi connectivity index (χ0) is 16.7. The van der Waals surface area contributed by atoms with Crippen molar-refractivity contribution in [3.8, 4) is 11.5 Å². The third-order valence-corrected chi connectivity index (χ3v) is 4.42. The Bertz CT molecular complexity index is 649. The number of anilines is 1. The number of halogens is 2. The van der Waals surface area contributed by atoms with Crippen molar-refractivity contribution < 1.29 is 9.47 Å². The average Bonchev–Trinajstić information content (AvgIpc) is 2.55. The van der Waals surface area contributed by atoms with Gasteiger partial charge in [-0.15, -0.1) is 0 Å². The Morgan fingerprint density at radius 2 is 1.87 bits per heavy atom. The third-order valence-electron chi connectivity index (χ3n) is 3.19. The van der Waals surface area contributed by atoms with Crippen molar-refractivity contribution in [2.24, 2.45) is 0 Å². The molecule has 0 spiro atoms. The SMILES string of the molecule is CCCOc1ccc(CNc2ccc(Br)c(Cl)c2)cc1OCC. The summed E-state index contributed by atoms with van der Waals surface area (Å²) in [5.41, 5.74) is 2.10. The van der Waals surface area contributed by atoms with E-state index in [0.29, 0.717) is 24.8 Å². The molecule has 0 fully saturated rings. The second-order valence-electron chi connectivity index (χ2n) is 5.05. The predicted octanol–water partition coefficient (Wildman–Crippen LogP) is 5.90. The van der Waals surface area contributed by atoms with Crippen LogP contribution in [0.15, 0.2) is 40.9 Å². The molecule has 0 atom stereocenters. The maximum atomic E-state index is 6.11. The first kappa shape index (κ1) is 18.0. The molecular formula is C18H21BrClNO2. The van der Waals surface area contributed by atoms with Crippen LogP contribution in [0.1, 0.15) is 25.8 Å². The van der Waals surface area contributed by atoms with Crippen LogP contribution in [0.4, 0.5) is 5.69 Å². The molecule has 0 unspecified atom stereocenters. The standard InChI is InChI=1S/C18H21BrClNO2/c1-3-9-23-17-8-5-13(10-18(17)22-4-2)12-21-14-6-7-15(19)16(20)11-14/h5-8,10-11,21H,3-4,9,12H2,1-2H3. The van der Waals surface area contributed by atoms with E-state index in [1.807, 2.05) is 43.3 Å². The number of ether oxygens (including phenoxy) is 2. The minimum Gasteiger partial charge on any atom is -0.490 e. The summed E-state index contributed by atoms with van der Waals surface area (Å²) < 4.78 is 12.3. The van der Waals surface area contributed by atoms with E-state index in [2.05, 4.69) is 28.2 Å². The van der Waals surface area contributed by atoms with Gasteiger partial charge in [0.15, 0.2) is 11.5 Å². The van der Waals surface area contributed by atoms with E-state index < -0.39 is 0 Å². The van der Waals surface area contributed by atoms with Crippen molar-refractivity contribution in [1.82, 2.24) is 0 Å². The molecule has 3 nitrogen and oxygen atoms in total. The molecule has 1 N–H and O–H groups in total. The maximum absolute atomic E-state index is 6.11. The minimum absolute atomic E-state index is 0.613. The molecule has 0 bridgehead atoms. The first-order chi connectivity index (χ1) is 11.1. The van der Waals surface area contributed by atoms with Gasteiger partial charge in [-0.25, -0.2) is 0 Å². The summed E-state index contributed by atoms with van der Waals surface area (Å²) in [7, 11) is 0. The smallest absolute Gasteiger partial charge is 0.161 e. The Balaban J connectivity index is 2.06. The van der Waals surface area contributed by atoms with Gasteiger partial charge in [0.1, 0.15) is 0 Å². The second kappa shape index (κ2) is 9.04. The van der Waals surface area contributed by atoms with Gasteiger partial charge in [0.25, 0.3) is 0 Å². The van der Waals surface area contributed by atoms with Crippen LogP contribution in [0.25, 0.3) is 0 Å². The quantitative estimate of drug-likeness (QED) is 0.600. The highest BCUT2D eigenvalue weighted by atomic mass is 79.9. The van der Waals surface area contributed by atoms with E-state index in [1.165, 1.54) is 0 Å². The molecule has 0 aliphatic carbocycles. The lowest BCUT2D eigenvalue weighted by atomic mass is 10.2. The Kier molecular flexibility index (Phi) is 7.06. The number of hydrogen-bond acceptors (Lipinski definition) is 3. The van der Waals surface area contributed by atoms with Crippen LogP contribution in [0.5, 0.6) is 11.5 Å². The summed E-state index contributed by atoms with van der Waals surface area (Å²) in [5, 5.41) is 4.05. The summed E-state index contributed by atoms with van der Waals surface area (Å²) in [6.45, 7) is 6.04. The highest BCUT2D eigenvalue weighted by Crippen LogP contribution is 2.30. The first-order valence-corrected chi connectivity index (χ1v) is 8.88. The van der Waals surface area contributed by atoms with Crippen LogP contribution in [-0.2, 0) is 6.54 Å². The molecule has 124 valence electrons. The molecule has 0 aromatic heterocycles. The zero-order valence-corrected chi connectivity index (χ0v) is 15.7. The van der Waals surface area contributed by atoms with Gasteiger partial charge < -0.3 is 14.8 Å². The monoisotopic (exact) mass is 397 g/mol. The van der Waals surface area contributed by atoms with E-state index in [-0.39, 0.29) is 0 Å². The zero-order valence-electron chi connectivity index (χ0n) is 13.4. The fourth-order valence-corrected chi connectivity index (χ4v) is 2.50. The molecule has 0 saturated heterocycles. The molecular weight excluding hydrogens is 378 g/mol. The lowest BCUT2D eigenvalue weighted by Crippen LogP contribution is -2.03. The van der Waals surface area contributed by atoms with Crippen molar-refractivity contribution in [2.45, 2.75) is 26.8 Å². The highest BCUT2D eigenvalue weighted by Gasteiger charge is 2.07. The number of hydrogen-bond donors (Lipinski definition) is 1. The number of nitrogens with one attached hydrogen (secondary N) is 1. The molecule has 0 heterocycles. The summed E-state index contributed by atoms with van der Waals surface area (Å²) in [4.78, 5) is 0. The molecule has 2 aromatic carbocycles. The summed E-state index contributed by atoms with van der Waals surface area (Å²) in [5.74, 6) is 1.58. The van der Waals surface area contributed by atoms with Crippen LogP contribution in [-0.4, -0.2) is 13.2 Å². The molecule has 23 heavy (non-hydrogen) atoms. The molecule has 2 aromatic rings. The second-order valence-corrected chi connectivity index (χ2v) is 6.31. The summed E-state index contributed by atoms with van der Waals surface area (Å²) in [6, 6.07) is 11.8. The van der Waals surface area contributed by atoms with Crippen LogP contribution in [0.3, 0.4) is 0 Å². The Morgan fingerprint density at radius 1 is 1.04 bits per heavy atom. The normalized spacial score (nSPS) is 10.4. The van der Waals surface area contributed by atoms with Crippen molar-refractivity contribution in [1.29, 1.82) is 0 Å². The van der Waals surface area contributed by atoms with Crippen LogP contribution in [0.2, 0.25) is 5.02 Å². The van der Waals surface area contributed by atoms with Gasteiger partial charge >= 0.3 is 0 Å². The first-order valence-electron chi connectivity index (χ1n) is 7.71. The van der Waals surface area contributed by atoms with Gasteiger partial charge in [0, 0.05) is 16.7 Å². The third kappa shape index (κ3) is 5.33. The van der Waals surface area contributed by atoms with Gasteiger partial charge in [-0.3, -0.25) is 0 Å². The molecule has 5 heteroatoms. The highest BCUT2D eigenvalue weighted by molar-refractivity contribution is 9.10. The molecule has 0 aliphatic rings. The van der Waals surface area contributed by atoms with Crippen molar-refractivity contribution >= 4 is 33.2 Å². The molecule has 0 radical (unpaired) electrons. The Labute approximate surface area is 151 Å². The predicted molar refractivity (Wildman–Crippen MR) is 99.9 cm³/mol. The van der Waals surface area contributed by atoms with E-state index in [9.17, 15) is 0 Å². The van der Waals surface area contributed by atoms with Gasteiger partial charge in [-0.05, 0) is 65.2 Å². The Morgan fingerprint density at radius 3 is 2.57 bits per heavy atom. The van der Waals surface area contributed by atoms with E-state index in [0.717, 1.165) is 33.6 Å². The number of rotatable bonds is 8. The Hall–Kier alpha value is -1.39.